The summed E-state index contributed by atoms with van der Waals surface area (Å²) in [5.74, 6) is 4.62. The molecular weight excluding hydrogens is 406 g/mol. The summed E-state index contributed by atoms with van der Waals surface area (Å²) < 4.78 is 6.60. The fourth-order valence-corrected chi connectivity index (χ4v) is 3.59. The largest absolute Gasteiger partial charge is 0.394 e. The van der Waals surface area contributed by atoms with Gasteiger partial charge in [-0.25, -0.2) is 4.79 Å². The van der Waals surface area contributed by atoms with Crippen LogP contribution >= 0.6 is 0 Å². The molecule has 1 fully saturated rings. The summed E-state index contributed by atoms with van der Waals surface area (Å²) in [7, 11) is 0. The first-order valence-electron chi connectivity index (χ1n) is 9.60. The molecule has 1 saturated heterocycles. The van der Waals surface area contributed by atoms with E-state index in [1.165, 1.54) is 6.20 Å². The number of nitrogens with zero attached hydrogens (tertiary/aromatic N) is 2. The number of aromatic amines is 1. The first-order chi connectivity index (χ1) is 14.9. The van der Waals surface area contributed by atoms with Gasteiger partial charge >= 0.3 is 5.69 Å². The molecule has 1 unspecified atom stereocenters. The van der Waals surface area contributed by atoms with Gasteiger partial charge in [-0.05, 0) is 12.1 Å². The summed E-state index contributed by atoms with van der Waals surface area (Å²) in [6.45, 7) is -0.522. The molecule has 10 nitrogen and oxygen atoms in total. The number of fused-ring (bicyclic) bond motifs is 1. The number of aliphatic hydroxyl groups is 2. The van der Waals surface area contributed by atoms with E-state index in [2.05, 4.69) is 16.8 Å². The quantitative estimate of drug-likeness (QED) is 0.422. The van der Waals surface area contributed by atoms with Gasteiger partial charge in [0.1, 0.15) is 12.3 Å². The lowest BCUT2D eigenvalue weighted by atomic mass is 10.1. The number of aromatic nitrogens is 2. The molecule has 1 aromatic heterocycles. The molecule has 3 atom stereocenters. The number of nitrogens with one attached hydrogen (secondary N) is 1. The molecule has 0 aliphatic carbocycles. The lowest BCUT2D eigenvalue weighted by Crippen LogP contribution is -2.34. The average Bonchev–Trinajstić information content (AvgIpc) is 3.24. The van der Waals surface area contributed by atoms with Gasteiger partial charge in [0.25, 0.3) is 17.4 Å². The summed E-state index contributed by atoms with van der Waals surface area (Å²) in [5, 5.41) is 19.1. The standard InChI is InChI=1S/C21H19N3O7/c25-11-16-15(26)9-17(31-16)24-10-12(18(27)22-21(24)30)5-3-4-8-23-19(28)13-6-1-2-7-14(13)20(23)29/h1-2,6-7,10,15-17,25-26H,5,8-9,11H2,(H,22,27,30)/t15?,16-,17-/m0/s1. The summed E-state index contributed by atoms with van der Waals surface area (Å²) in [6, 6.07) is 6.51. The Hall–Kier alpha value is -3.52. The number of carbonyl (C=O) groups excluding carboxylic acids is 2. The normalized spacial score (nSPS) is 22.4. The van der Waals surface area contributed by atoms with Gasteiger partial charge in [-0.2, -0.15) is 0 Å². The molecule has 0 bridgehead atoms. The zero-order chi connectivity index (χ0) is 22.1. The minimum Gasteiger partial charge on any atom is -0.394 e. The van der Waals surface area contributed by atoms with Crippen molar-refractivity contribution < 1.29 is 24.5 Å². The van der Waals surface area contributed by atoms with Crippen molar-refractivity contribution in [2.24, 2.45) is 0 Å². The van der Waals surface area contributed by atoms with Gasteiger partial charge in [-0.15, -0.1) is 0 Å². The highest BCUT2D eigenvalue weighted by Crippen LogP contribution is 2.27. The number of ether oxygens (including phenoxy) is 1. The van der Waals surface area contributed by atoms with Crippen LogP contribution in [0.1, 0.15) is 38.9 Å². The highest BCUT2D eigenvalue weighted by Gasteiger charge is 2.35. The van der Waals surface area contributed by atoms with Gasteiger partial charge in [0.2, 0.25) is 0 Å². The first-order valence-corrected chi connectivity index (χ1v) is 9.60. The van der Waals surface area contributed by atoms with Gasteiger partial charge in [0.05, 0.1) is 30.4 Å². The van der Waals surface area contributed by atoms with Crippen molar-refractivity contribution in [1.29, 1.82) is 0 Å². The van der Waals surface area contributed by atoms with E-state index in [1.54, 1.807) is 24.3 Å². The maximum atomic E-state index is 12.3. The number of rotatable bonds is 4. The molecule has 160 valence electrons. The molecule has 2 amide bonds. The molecule has 0 spiro atoms. The average molecular weight is 425 g/mol. The molecule has 31 heavy (non-hydrogen) atoms. The van der Waals surface area contributed by atoms with E-state index in [0.717, 1.165) is 9.47 Å². The van der Waals surface area contributed by atoms with Crippen LogP contribution in [0.25, 0.3) is 0 Å². The van der Waals surface area contributed by atoms with Crippen molar-refractivity contribution >= 4 is 11.8 Å². The number of aliphatic hydroxyl groups excluding tert-OH is 2. The van der Waals surface area contributed by atoms with Gasteiger partial charge in [0.15, 0.2) is 0 Å². The van der Waals surface area contributed by atoms with Crippen LogP contribution in [0.5, 0.6) is 0 Å². The molecule has 1 aromatic carbocycles. The highest BCUT2D eigenvalue weighted by atomic mass is 16.5. The molecule has 4 rings (SSSR count). The zero-order valence-electron chi connectivity index (χ0n) is 16.3. The maximum Gasteiger partial charge on any atom is 0.330 e. The number of amides is 2. The van der Waals surface area contributed by atoms with Gasteiger partial charge in [-0.1, -0.05) is 24.0 Å². The molecule has 10 heteroatoms. The Morgan fingerprint density at radius 1 is 1.10 bits per heavy atom. The third-order valence-electron chi connectivity index (χ3n) is 5.26. The maximum absolute atomic E-state index is 12.3. The Labute approximate surface area is 175 Å². The van der Waals surface area contributed by atoms with Crippen LogP contribution in [-0.4, -0.2) is 61.8 Å². The Morgan fingerprint density at radius 3 is 2.39 bits per heavy atom. The van der Waals surface area contributed by atoms with Crippen molar-refractivity contribution in [2.75, 3.05) is 13.2 Å². The monoisotopic (exact) mass is 425 g/mol. The lowest BCUT2D eigenvalue weighted by molar-refractivity contribution is -0.0459. The van der Waals surface area contributed by atoms with E-state index in [-0.39, 0.29) is 24.9 Å². The van der Waals surface area contributed by atoms with E-state index in [4.69, 9.17) is 4.74 Å². The highest BCUT2D eigenvalue weighted by molar-refractivity contribution is 6.21. The molecule has 0 saturated carbocycles. The molecular formula is C21H19N3O7. The van der Waals surface area contributed by atoms with E-state index >= 15 is 0 Å². The number of carbonyl (C=O) groups is 2. The van der Waals surface area contributed by atoms with Crippen molar-refractivity contribution in [3.8, 4) is 11.8 Å². The lowest BCUT2D eigenvalue weighted by Gasteiger charge is -2.14. The van der Waals surface area contributed by atoms with Crippen LogP contribution in [0.4, 0.5) is 0 Å². The summed E-state index contributed by atoms with van der Waals surface area (Å²) >= 11 is 0. The Morgan fingerprint density at radius 2 is 1.77 bits per heavy atom. The molecule has 0 radical (unpaired) electrons. The van der Waals surface area contributed by atoms with Crippen LogP contribution in [0.2, 0.25) is 0 Å². The van der Waals surface area contributed by atoms with E-state index in [1.807, 2.05) is 0 Å². The van der Waals surface area contributed by atoms with Crippen molar-refractivity contribution in [1.82, 2.24) is 14.5 Å². The SMILES string of the molecule is O=C1c2ccccc2C(=O)N1CC#CCc1cn([C@@H]2CC(O)[C@H](CO)O2)c(=O)[nH]c1=O. The first kappa shape index (κ1) is 20.7. The molecule has 2 aromatic rings. The molecule has 3 N–H and O–H groups in total. The van der Waals surface area contributed by atoms with Crippen molar-refractivity contribution in [3.63, 3.8) is 0 Å². The third kappa shape index (κ3) is 3.82. The second-order valence-electron chi connectivity index (χ2n) is 7.21. The fourth-order valence-electron chi connectivity index (χ4n) is 3.59. The molecule has 3 heterocycles. The second kappa shape index (κ2) is 8.31. The minimum absolute atomic E-state index is 0.0303. The molecule has 2 aliphatic heterocycles. The second-order valence-corrected chi connectivity index (χ2v) is 7.21. The predicted octanol–water partition coefficient (Wildman–Crippen LogP) is -0.981. The van der Waals surface area contributed by atoms with Crippen LogP contribution in [-0.2, 0) is 11.2 Å². The van der Waals surface area contributed by atoms with E-state index < -0.39 is 48.1 Å². The smallest absolute Gasteiger partial charge is 0.330 e. The van der Waals surface area contributed by atoms with E-state index in [9.17, 15) is 29.4 Å². The van der Waals surface area contributed by atoms with Crippen molar-refractivity contribution in [2.45, 2.75) is 31.3 Å². The van der Waals surface area contributed by atoms with Gasteiger partial charge in [-0.3, -0.25) is 28.8 Å². The van der Waals surface area contributed by atoms with Crippen LogP contribution in [0.3, 0.4) is 0 Å². The Bertz CT molecular complexity index is 1180. The topological polar surface area (TPSA) is 142 Å². The van der Waals surface area contributed by atoms with Crippen molar-refractivity contribution in [3.05, 3.63) is 68.0 Å². The number of imide groups is 1. The Kier molecular flexibility index (Phi) is 5.56. The summed E-state index contributed by atoms with van der Waals surface area (Å²) in [4.78, 5) is 52.1. The predicted molar refractivity (Wildman–Crippen MR) is 106 cm³/mol. The number of hydrogen-bond donors (Lipinski definition) is 3. The van der Waals surface area contributed by atoms with E-state index in [0.29, 0.717) is 11.1 Å². The number of hydrogen-bond acceptors (Lipinski definition) is 7. The van der Waals surface area contributed by atoms with Crippen LogP contribution in [0.15, 0.2) is 40.1 Å². The summed E-state index contributed by atoms with van der Waals surface area (Å²) in [6.07, 6.45) is -1.22. The Balaban J connectivity index is 1.47. The molecule has 2 aliphatic rings. The van der Waals surface area contributed by atoms with Crippen LogP contribution in [0, 0.1) is 11.8 Å². The summed E-state index contributed by atoms with van der Waals surface area (Å²) in [5.41, 5.74) is -0.479. The van der Waals surface area contributed by atoms with Gasteiger partial charge < -0.3 is 14.9 Å². The van der Waals surface area contributed by atoms with Gasteiger partial charge in [0, 0.05) is 24.6 Å². The number of H-pyrrole nitrogens is 1. The fraction of sp³-hybridized carbons (Fsp3) is 0.333. The zero-order valence-corrected chi connectivity index (χ0v) is 16.3. The third-order valence-corrected chi connectivity index (χ3v) is 5.26. The minimum atomic E-state index is -0.934. The van der Waals surface area contributed by atoms with Crippen LogP contribution < -0.4 is 11.2 Å². The number of benzene rings is 1.